The lowest BCUT2D eigenvalue weighted by Crippen LogP contribution is -2.58. The van der Waals surface area contributed by atoms with Crippen molar-refractivity contribution in [2.75, 3.05) is 76.2 Å². The van der Waals surface area contributed by atoms with E-state index in [-0.39, 0.29) is 69.2 Å². The molecule has 2 aromatic rings. The number of rotatable bonds is 26. The summed E-state index contributed by atoms with van der Waals surface area (Å²) in [6.45, 7) is 4.51. The molecule has 21 heteroatoms. The minimum atomic E-state index is -1.21. The van der Waals surface area contributed by atoms with E-state index in [1.807, 2.05) is 31.4 Å². The standard InChI is InChI=1S/C44H64N8O11S2/c1-4-29(2)39(42(61)47-35(43(62)63)12-8-9-18-45-40(59)31-10-6-5-7-11-31)49-41(60)34(17-23-65-3)48-44(64)46-32-15-13-30(14-16-32)24-33-25-51(27-37(55)56)20-19-50(26-36(53)54)21-22-52(33)28-38(57)58/h5-7,10-11,13-16,29,33-35,39H,4,8-9,12,17-28H2,1-3H3,(H,45,59)(H,47,61)(H,49,60)(H,53,54)(H,55,56)(H,57,58)(H,62,63)(H2,46,48,64). The van der Waals surface area contributed by atoms with Gasteiger partial charge in [0.25, 0.3) is 5.91 Å². The van der Waals surface area contributed by atoms with E-state index in [0.717, 1.165) is 5.56 Å². The molecule has 3 rings (SSSR count). The molecule has 0 spiro atoms. The van der Waals surface area contributed by atoms with E-state index < -0.39 is 59.9 Å². The van der Waals surface area contributed by atoms with E-state index >= 15 is 0 Å². The summed E-state index contributed by atoms with van der Waals surface area (Å²) in [6.07, 6.45) is 4.15. The Morgan fingerprint density at radius 3 is 2.00 bits per heavy atom. The Morgan fingerprint density at radius 1 is 0.754 bits per heavy atom. The molecule has 5 atom stereocenters. The van der Waals surface area contributed by atoms with Crippen molar-refractivity contribution in [3.63, 3.8) is 0 Å². The Balaban J connectivity index is 1.65. The highest BCUT2D eigenvalue weighted by molar-refractivity contribution is 7.98. The van der Waals surface area contributed by atoms with Crippen LogP contribution in [0.25, 0.3) is 0 Å². The normalized spacial score (nSPS) is 16.8. The van der Waals surface area contributed by atoms with Gasteiger partial charge in [-0.25, -0.2) is 4.79 Å². The molecule has 3 amide bonds. The van der Waals surface area contributed by atoms with E-state index in [1.165, 1.54) is 11.8 Å². The van der Waals surface area contributed by atoms with Crippen molar-refractivity contribution in [1.29, 1.82) is 0 Å². The highest BCUT2D eigenvalue weighted by Crippen LogP contribution is 2.17. The first-order valence-electron chi connectivity index (χ1n) is 21.7. The third-order valence-corrected chi connectivity index (χ3v) is 11.9. The number of carboxylic acids is 4. The summed E-state index contributed by atoms with van der Waals surface area (Å²) in [5, 5.41) is 53.2. The minimum Gasteiger partial charge on any atom is -0.480 e. The van der Waals surface area contributed by atoms with Crippen LogP contribution in [0, 0.1) is 5.92 Å². The molecule has 9 N–H and O–H groups in total. The van der Waals surface area contributed by atoms with Crippen LogP contribution in [0.5, 0.6) is 0 Å². The van der Waals surface area contributed by atoms with E-state index in [0.29, 0.717) is 62.2 Å². The average Bonchev–Trinajstić information content (AvgIpc) is 3.32. The summed E-state index contributed by atoms with van der Waals surface area (Å²) >= 11 is 7.13. The number of hydrogen-bond donors (Lipinski definition) is 9. The van der Waals surface area contributed by atoms with Crippen LogP contribution in [0.4, 0.5) is 5.69 Å². The van der Waals surface area contributed by atoms with E-state index in [4.69, 9.17) is 12.2 Å². The lowest BCUT2D eigenvalue weighted by molar-refractivity contribution is -0.143. The molecule has 5 unspecified atom stereocenters. The highest BCUT2D eigenvalue weighted by atomic mass is 32.2. The van der Waals surface area contributed by atoms with Gasteiger partial charge < -0.3 is 47.0 Å². The summed E-state index contributed by atoms with van der Waals surface area (Å²) < 4.78 is 0. The molecule has 1 aliphatic rings. The molecule has 0 aliphatic carbocycles. The number of thioether (sulfide) groups is 1. The number of hydrogen-bond acceptors (Lipinski definition) is 12. The third-order valence-electron chi connectivity index (χ3n) is 11.0. The second kappa shape index (κ2) is 28.5. The Kier molecular flexibility index (Phi) is 23.7. The first-order valence-corrected chi connectivity index (χ1v) is 23.5. The number of anilines is 1. The van der Waals surface area contributed by atoms with Gasteiger partial charge in [-0.15, -0.1) is 0 Å². The number of nitrogens with zero attached hydrogens (tertiary/aromatic N) is 3. The minimum absolute atomic E-state index is 0.118. The van der Waals surface area contributed by atoms with Gasteiger partial charge in [-0.05, 0) is 92.1 Å². The fraction of sp³-hybridized carbons (Fsp3) is 0.545. The Labute approximate surface area is 389 Å². The van der Waals surface area contributed by atoms with Gasteiger partial charge in [0, 0.05) is 56.6 Å². The number of unbranched alkanes of at least 4 members (excludes halogenated alkanes) is 1. The number of nitrogens with one attached hydrogen (secondary N) is 5. The number of carbonyl (C=O) groups excluding carboxylic acids is 3. The van der Waals surface area contributed by atoms with Crippen LogP contribution in [-0.4, -0.2) is 177 Å². The van der Waals surface area contributed by atoms with Crippen molar-refractivity contribution >= 4 is 76.4 Å². The summed E-state index contributed by atoms with van der Waals surface area (Å²) in [7, 11) is 0. The maximum absolute atomic E-state index is 13.8. The highest BCUT2D eigenvalue weighted by Gasteiger charge is 2.32. The van der Waals surface area contributed by atoms with Crippen LogP contribution in [0.2, 0.25) is 0 Å². The van der Waals surface area contributed by atoms with Crippen LogP contribution in [0.3, 0.4) is 0 Å². The van der Waals surface area contributed by atoms with Crippen LogP contribution in [-0.2, 0) is 35.2 Å². The van der Waals surface area contributed by atoms with Gasteiger partial charge in [0.2, 0.25) is 11.8 Å². The van der Waals surface area contributed by atoms with Gasteiger partial charge in [-0.1, -0.05) is 50.6 Å². The molecule has 65 heavy (non-hydrogen) atoms. The van der Waals surface area contributed by atoms with Gasteiger partial charge in [-0.2, -0.15) is 11.8 Å². The van der Waals surface area contributed by atoms with Crippen molar-refractivity contribution in [2.45, 2.75) is 76.5 Å². The molecule has 2 aromatic carbocycles. The fourth-order valence-electron chi connectivity index (χ4n) is 7.28. The van der Waals surface area contributed by atoms with Crippen LogP contribution >= 0.6 is 24.0 Å². The molecule has 1 saturated heterocycles. The lowest BCUT2D eigenvalue weighted by Gasteiger charge is -2.33. The number of carboxylic acid groups (broad SMARTS) is 4. The van der Waals surface area contributed by atoms with E-state index in [9.17, 15) is 54.0 Å². The zero-order valence-electron chi connectivity index (χ0n) is 37.2. The van der Waals surface area contributed by atoms with Crippen LogP contribution in [0.15, 0.2) is 54.6 Å². The second-order valence-corrected chi connectivity index (χ2v) is 17.4. The molecule has 1 aliphatic heterocycles. The second-order valence-electron chi connectivity index (χ2n) is 16.0. The maximum Gasteiger partial charge on any atom is 0.326 e. The van der Waals surface area contributed by atoms with Crippen LogP contribution < -0.4 is 26.6 Å². The van der Waals surface area contributed by atoms with Crippen molar-refractivity contribution in [1.82, 2.24) is 36.0 Å². The first-order chi connectivity index (χ1) is 31.0. The van der Waals surface area contributed by atoms with Gasteiger partial charge in [-0.3, -0.25) is 43.5 Å². The Bertz CT molecular complexity index is 1900. The quantitative estimate of drug-likeness (QED) is 0.0481. The number of carbonyl (C=O) groups is 7. The summed E-state index contributed by atoms with van der Waals surface area (Å²) in [5.74, 6) is -5.49. The smallest absolute Gasteiger partial charge is 0.326 e. The molecular weight excluding hydrogens is 881 g/mol. The van der Waals surface area contributed by atoms with Crippen molar-refractivity contribution < 1.29 is 54.0 Å². The molecule has 19 nitrogen and oxygen atoms in total. The van der Waals surface area contributed by atoms with Crippen molar-refractivity contribution in [3.8, 4) is 0 Å². The lowest BCUT2D eigenvalue weighted by atomic mass is 9.97. The topological polar surface area (TPSA) is 270 Å². The molecular formula is C44H64N8O11S2. The first kappa shape index (κ1) is 54.0. The summed E-state index contributed by atoms with van der Waals surface area (Å²) in [5.41, 5.74) is 1.93. The monoisotopic (exact) mass is 944 g/mol. The van der Waals surface area contributed by atoms with Gasteiger partial charge in [0.15, 0.2) is 5.11 Å². The van der Waals surface area contributed by atoms with Crippen LogP contribution in [0.1, 0.15) is 61.9 Å². The van der Waals surface area contributed by atoms with Crippen molar-refractivity contribution in [3.05, 3.63) is 65.7 Å². The van der Waals surface area contributed by atoms with Gasteiger partial charge >= 0.3 is 23.9 Å². The number of amides is 3. The molecule has 0 aromatic heterocycles. The SMILES string of the molecule is CCC(C)C(NC(=O)C(CCSC)NC(=S)Nc1ccc(CC2CN(CC(=O)O)CCN(CC(=O)O)CCN2CC(=O)O)cc1)C(=O)NC(CCCCNC(=O)c1ccccc1)C(=O)O. The summed E-state index contributed by atoms with van der Waals surface area (Å²) in [6, 6.07) is 12.4. The maximum atomic E-state index is 13.8. The molecule has 358 valence electrons. The summed E-state index contributed by atoms with van der Waals surface area (Å²) in [4.78, 5) is 92.2. The van der Waals surface area contributed by atoms with Gasteiger partial charge in [0.05, 0.1) is 19.6 Å². The molecule has 0 radical (unpaired) electrons. The van der Waals surface area contributed by atoms with E-state index in [1.54, 1.807) is 58.0 Å². The number of benzene rings is 2. The Hall–Kier alpha value is -5.35. The third kappa shape index (κ3) is 20.1. The zero-order valence-corrected chi connectivity index (χ0v) is 38.8. The van der Waals surface area contributed by atoms with Gasteiger partial charge in [0.1, 0.15) is 18.1 Å². The van der Waals surface area contributed by atoms with Crippen molar-refractivity contribution in [2.24, 2.45) is 5.92 Å². The molecule has 0 saturated carbocycles. The largest absolute Gasteiger partial charge is 0.480 e. The average molecular weight is 945 g/mol. The molecule has 1 heterocycles. The predicted octanol–water partition coefficient (Wildman–Crippen LogP) is 1.88. The van der Waals surface area contributed by atoms with E-state index in [2.05, 4.69) is 26.6 Å². The predicted molar refractivity (Wildman–Crippen MR) is 251 cm³/mol. The number of thiocarbonyl (C=S) groups is 1. The fourth-order valence-corrected chi connectivity index (χ4v) is 8.01. The molecule has 1 fully saturated rings. The Morgan fingerprint density at radius 2 is 1.38 bits per heavy atom. The zero-order chi connectivity index (χ0) is 47.9. The number of aliphatic carboxylic acids is 4. The molecule has 0 bridgehead atoms.